The molecular formula is C13H19F3N2O2S. The Balaban J connectivity index is 2.71. The molecule has 8 heteroatoms. The number of ether oxygens (including phenoxy) is 1. The summed E-state index contributed by atoms with van der Waals surface area (Å²) in [5, 5.41) is 0. The summed E-state index contributed by atoms with van der Waals surface area (Å²) in [6.45, 7) is 5.80. The first kappa shape index (κ1) is 18.1. The van der Waals surface area contributed by atoms with Gasteiger partial charge in [-0.1, -0.05) is 6.07 Å². The van der Waals surface area contributed by atoms with Crippen molar-refractivity contribution in [3.63, 3.8) is 0 Å². The highest BCUT2D eigenvalue weighted by Gasteiger charge is 2.30. The molecule has 2 unspecified atom stereocenters. The molecule has 4 nitrogen and oxygen atoms in total. The van der Waals surface area contributed by atoms with Gasteiger partial charge >= 0.3 is 6.18 Å². The van der Waals surface area contributed by atoms with Crippen molar-refractivity contribution < 1.29 is 22.5 Å². The summed E-state index contributed by atoms with van der Waals surface area (Å²) >= 11 is -1.30. The van der Waals surface area contributed by atoms with E-state index in [9.17, 15) is 17.7 Å². The summed E-state index contributed by atoms with van der Waals surface area (Å²) in [6.07, 6.45) is -4.41. The summed E-state index contributed by atoms with van der Waals surface area (Å²) < 4.78 is 55.3. The smallest absolute Gasteiger partial charge is 0.422 e. The van der Waals surface area contributed by atoms with Crippen LogP contribution in [0.25, 0.3) is 0 Å². The third-order valence-corrected chi connectivity index (χ3v) is 4.09. The lowest BCUT2D eigenvalue weighted by molar-refractivity contribution is -0.154. The zero-order chi connectivity index (χ0) is 16.3. The third kappa shape index (κ3) is 6.54. The molecule has 1 rings (SSSR count). The van der Waals surface area contributed by atoms with Crippen molar-refractivity contribution in [1.82, 2.24) is 9.71 Å². The summed E-state index contributed by atoms with van der Waals surface area (Å²) in [5.74, 6) is -0.111. The Morgan fingerprint density at radius 2 is 1.95 bits per heavy atom. The topological polar surface area (TPSA) is 57.2 Å². The van der Waals surface area contributed by atoms with Crippen LogP contribution in [-0.4, -0.2) is 27.1 Å². The Hall–Kier alpha value is -0.990. The number of nitrogens with one attached hydrogen (secondary N) is 1. The molecule has 0 spiro atoms. The first-order chi connectivity index (χ1) is 9.49. The van der Waals surface area contributed by atoms with E-state index in [4.69, 9.17) is 0 Å². The van der Waals surface area contributed by atoms with Gasteiger partial charge in [-0.2, -0.15) is 13.2 Å². The molecule has 1 heterocycles. The second-order valence-corrected chi connectivity index (χ2v) is 7.52. The molecule has 2 atom stereocenters. The van der Waals surface area contributed by atoms with Crippen molar-refractivity contribution in [2.45, 2.75) is 44.7 Å². The normalized spacial score (nSPS) is 15.6. The summed E-state index contributed by atoms with van der Waals surface area (Å²) in [7, 11) is 0. The Bertz CT molecular complexity index is 463. The largest absolute Gasteiger partial charge is 0.598 e. The van der Waals surface area contributed by atoms with Gasteiger partial charge in [-0.3, -0.25) is 0 Å². The van der Waals surface area contributed by atoms with Crippen LogP contribution in [-0.2, 0) is 11.4 Å². The first-order valence-electron chi connectivity index (χ1n) is 6.33. The van der Waals surface area contributed by atoms with Crippen LogP contribution in [0.1, 0.15) is 39.4 Å². The van der Waals surface area contributed by atoms with Crippen LogP contribution in [0.3, 0.4) is 0 Å². The molecule has 0 aliphatic heterocycles. The van der Waals surface area contributed by atoms with Crippen LogP contribution >= 0.6 is 0 Å². The maximum atomic E-state index is 12.1. The third-order valence-electron chi connectivity index (χ3n) is 2.41. The molecule has 0 aliphatic carbocycles. The molecule has 0 fully saturated rings. The number of halogens is 3. The van der Waals surface area contributed by atoms with Gasteiger partial charge in [-0.25, -0.2) is 4.98 Å². The number of rotatable bonds is 5. The summed E-state index contributed by atoms with van der Waals surface area (Å²) in [5.41, 5.74) is 0.465. The maximum Gasteiger partial charge on any atom is 0.422 e. The highest BCUT2D eigenvalue weighted by molar-refractivity contribution is 7.90. The van der Waals surface area contributed by atoms with Gasteiger partial charge in [0.1, 0.15) is 4.75 Å². The molecule has 21 heavy (non-hydrogen) atoms. The maximum absolute atomic E-state index is 12.1. The molecule has 0 amide bonds. The van der Waals surface area contributed by atoms with E-state index in [-0.39, 0.29) is 11.9 Å². The minimum absolute atomic E-state index is 0.111. The average molecular weight is 324 g/mol. The van der Waals surface area contributed by atoms with Crippen molar-refractivity contribution in [3.8, 4) is 5.88 Å². The van der Waals surface area contributed by atoms with Crippen molar-refractivity contribution >= 4 is 11.4 Å². The highest BCUT2D eigenvalue weighted by Crippen LogP contribution is 2.21. The summed E-state index contributed by atoms with van der Waals surface area (Å²) in [4.78, 5) is 3.99. The molecule has 0 saturated heterocycles. The predicted octanol–water partition coefficient (Wildman–Crippen LogP) is 3.14. The van der Waals surface area contributed by atoms with Gasteiger partial charge in [0, 0.05) is 17.4 Å². The minimum Gasteiger partial charge on any atom is -0.598 e. The monoisotopic (exact) mass is 324 g/mol. The van der Waals surface area contributed by atoms with Gasteiger partial charge < -0.3 is 9.29 Å². The van der Waals surface area contributed by atoms with Gasteiger partial charge in [0.25, 0.3) is 0 Å². The molecule has 0 aliphatic rings. The fourth-order valence-electron chi connectivity index (χ4n) is 1.31. The van der Waals surface area contributed by atoms with Crippen LogP contribution in [0.2, 0.25) is 0 Å². The predicted molar refractivity (Wildman–Crippen MR) is 75.2 cm³/mol. The van der Waals surface area contributed by atoms with Gasteiger partial charge in [0.2, 0.25) is 5.88 Å². The van der Waals surface area contributed by atoms with Crippen LogP contribution in [0.4, 0.5) is 13.2 Å². The van der Waals surface area contributed by atoms with E-state index < -0.39 is 28.9 Å². The van der Waals surface area contributed by atoms with E-state index in [1.54, 1.807) is 19.1 Å². The van der Waals surface area contributed by atoms with Crippen LogP contribution < -0.4 is 9.46 Å². The van der Waals surface area contributed by atoms with E-state index >= 15 is 0 Å². The Kier molecular flexibility index (Phi) is 5.89. The molecule has 0 saturated carbocycles. The van der Waals surface area contributed by atoms with E-state index in [1.807, 2.05) is 20.8 Å². The van der Waals surface area contributed by atoms with Crippen molar-refractivity contribution in [2.24, 2.45) is 0 Å². The molecular weight excluding hydrogens is 305 g/mol. The van der Waals surface area contributed by atoms with Gasteiger partial charge in [0.15, 0.2) is 6.61 Å². The first-order valence-corrected chi connectivity index (χ1v) is 7.48. The Morgan fingerprint density at radius 3 is 2.48 bits per heavy atom. The molecule has 0 radical (unpaired) electrons. The standard InChI is InChI=1S/C13H19F3N2O2S/c1-9(18-21(19)12(2,3)4)10-6-5-7-11(17-10)20-8-13(14,15)16/h5-7,9,18H,8H2,1-4H3. The van der Waals surface area contributed by atoms with Gasteiger partial charge in [0.05, 0.1) is 11.7 Å². The molecule has 0 bridgehead atoms. The number of hydrogen-bond acceptors (Lipinski definition) is 4. The number of hydrogen-bond donors (Lipinski definition) is 1. The van der Waals surface area contributed by atoms with Crippen molar-refractivity contribution in [2.75, 3.05) is 6.61 Å². The number of alkyl halides is 3. The lowest BCUT2D eigenvalue weighted by Crippen LogP contribution is -2.40. The minimum atomic E-state index is -4.41. The SMILES string of the molecule is CC(N[S+]([O-])C(C)(C)C)c1cccc(OCC(F)(F)F)n1. The fraction of sp³-hybridized carbons (Fsp3) is 0.615. The number of nitrogens with zero attached hydrogens (tertiary/aromatic N) is 1. The lowest BCUT2D eigenvalue weighted by atomic mass is 10.2. The lowest BCUT2D eigenvalue weighted by Gasteiger charge is -2.26. The van der Waals surface area contributed by atoms with E-state index in [1.165, 1.54) is 6.07 Å². The number of pyridine rings is 1. The quantitative estimate of drug-likeness (QED) is 0.846. The zero-order valence-electron chi connectivity index (χ0n) is 12.3. The molecule has 1 aromatic rings. The van der Waals surface area contributed by atoms with Crippen molar-refractivity contribution in [1.29, 1.82) is 0 Å². The van der Waals surface area contributed by atoms with Gasteiger partial charge in [-0.05, 0) is 33.8 Å². The van der Waals surface area contributed by atoms with Crippen LogP contribution in [0.5, 0.6) is 5.88 Å². The Morgan fingerprint density at radius 1 is 1.33 bits per heavy atom. The molecule has 120 valence electrons. The molecule has 0 aromatic carbocycles. The highest BCUT2D eigenvalue weighted by atomic mass is 32.2. The summed E-state index contributed by atoms with van der Waals surface area (Å²) in [6, 6.07) is 4.16. The Labute approximate surface area is 125 Å². The second kappa shape index (κ2) is 6.85. The zero-order valence-corrected chi connectivity index (χ0v) is 13.1. The van der Waals surface area contributed by atoms with E-state index in [2.05, 4.69) is 14.4 Å². The van der Waals surface area contributed by atoms with E-state index in [0.717, 1.165) is 0 Å². The van der Waals surface area contributed by atoms with Crippen LogP contribution in [0.15, 0.2) is 18.2 Å². The van der Waals surface area contributed by atoms with Crippen LogP contribution in [0, 0.1) is 0 Å². The molecule has 1 aromatic heterocycles. The fourth-order valence-corrected chi connectivity index (χ4v) is 2.10. The number of aromatic nitrogens is 1. The van der Waals surface area contributed by atoms with Gasteiger partial charge in [-0.15, -0.1) is 4.72 Å². The second-order valence-electron chi connectivity index (χ2n) is 5.53. The van der Waals surface area contributed by atoms with E-state index in [0.29, 0.717) is 5.69 Å². The molecule has 1 N–H and O–H groups in total. The average Bonchev–Trinajstić information content (AvgIpc) is 2.34. The van der Waals surface area contributed by atoms with Crippen molar-refractivity contribution in [3.05, 3.63) is 23.9 Å².